The van der Waals surface area contributed by atoms with Crippen molar-refractivity contribution in [3.8, 4) is 0 Å². The van der Waals surface area contributed by atoms with Crippen LogP contribution in [0.2, 0.25) is 0 Å². The topological polar surface area (TPSA) is 79.2 Å². The first kappa shape index (κ1) is 19.0. The van der Waals surface area contributed by atoms with E-state index in [9.17, 15) is 9.90 Å². The van der Waals surface area contributed by atoms with Crippen molar-refractivity contribution in [2.75, 3.05) is 6.54 Å². The molecule has 0 aliphatic carbocycles. The number of aliphatic hydroxyl groups is 1. The summed E-state index contributed by atoms with van der Waals surface area (Å²) in [4.78, 5) is 16.2. The zero-order valence-electron chi connectivity index (χ0n) is 15.4. The summed E-state index contributed by atoms with van der Waals surface area (Å²) in [6.45, 7) is 9.63. The second kappa shape index (κ2) is 8.67. The van der Waals surface area contributed by atoms with Gasteiger partial charge in [-0.3, -0.25) is 0 Å². The number of nitrogens with zero attached hydrogens (tertiary/aromatic N) is 2. The molecule has 0 bridgehead atoms. The van der Waals surface area contributed by atoms with Gasteiger partial charge >= 0.3 is 6.03 Å². The minimum atomic E-state index is -0.729. The van der Waals surface area contributed by atoms with Gasteiger partial charge in [-0.05, 0) is 25.3 Å². The van der Waals surface area contributed by atoms with Gasteiger partial charge in [-0.25, -0.2) is 9.78 Å². The molecule has 0 saturated heterocycles. The Kier molecular flexibility index (Phi) is 6.58. The Labute approximate surface area is 149 Å². The minimum absolute atomic E-state index is 0.162. The van der Waals surface area contributed by atoms with Crippen LogP contribution in [0.15, 0.2) is 30.6 Å². The van der Waals surface area contributed by atoms with Gasteiger partial charge in [0.2, 0.25) is 0 Å². The van der Waals surface area contributed by atoms with Gasteiger partial charge in [-0.2, -0.15) is 0 Å². The Bertz CT molecular complexity index is 689. The number of rotatable bonds is 7. The number of nitrogens with one attached hydrogen (secondary N) is 2. The van der Waals surface area contributed by atoms with Gasteiger partial charge in [-0.1, -0.05) is 43.2 Å². The Morgan fingerprint density at radius 1 is 1.20 bits per heavy atom. The molecule has 0 unspecified atom stereocenters. The van der Waals surface area contributed by atoms with E-state index in [1.807, 2.05) is 36.7 Å². The SMILES string of the molecule is Cc1cc(C)cc([C@H](O)CNC(=O)NCc2nccn2CC(C)C)c1. The molecule has 2 amide bonds. The average molecular weight is 344 g/mol. The molecule has 0 aliphatic rings. The molecular weight excluding hydrogens is 316 g/mol. The van der Waals surface area contributed by atoms with Crippen molar-refractivity contribution in [3.05, 3.63) is 53.1 Å². The van der Waals surface area contributed by atoms with Crippen LogP contribution in [0.3, 0.4) is 0 Å². The van der Waals surface area contributed by atoms with Crippen LogP contribution >= 0.6 is 0 Å². The maximum Gasteiger partial charge on any atom is 0.315 e. The van der Waals surface area contributed by atoms with Gasteiger partial charge in [0, 0.05) is 25.5 Å². The van der Waals surface area contributed by atoms with Gasteiger partial charge < -0.3 is 20.3 Å². The number of carbonyl (C=O) groups excluding carboxylic acids is 1. The van der Waals surface area contributed by atoms with E-state index in [4.69, 9.17) is 0 Å². The summed E-state index contributed by atoms with van der Waals surface area (Å²) in [5.74, 6) is 1.33. The molecule has 0 saturated carbocycles. The minimum Gasteiger partial charge on any atom is -0.387 e. The maximum atomic E-state index is 12.0. The molecule has 6 nitrogen and oxygen atoms in total. The molecular formula is C19H28N4O2. The van der Waals surface area contributed by atoms with E-state index >= 15 is 0 Å². The lowest BCUT2D eigenvalue weighted by Crippen LogP contribution is -2.38. The number of urea groups is 1. The third kappa shape index (κ3) is 5.90. The number of hydrogen-bond donors (Lipinski definition) is 3. The molecule has 2 rings (SSSR count). The van der Waals surface area contributed by atoms with E-state index in [1.54, 1.807) is 6.20 Å². The van der Waals surface area contributed by atoms with Crippen molar-refractivity contribution in [2.45, 2.75) is 46.9 Å². The summed E-state index contributed by atoms with van der Waals surface area (Å²) >= 11 is 0. The number of amides is 2. The third-order valence-electron chi connectivity index (χ3n) is 3.86. The third-order valence-corrected chi connectivity index (χ3v) is 3.86. The van der Waals surface area contributed by atoms with Crippen LogP contribution in [0.25, 0.3) is 0 Å². The molecule has 0 spiro atoms. The van der Waals surface area contributed by atoms with E-state index in [0.29, 0.717) is 12.5 Å². The number of imidazole rings is 1. The summed E-state index contributed by atoms with van der Waals surface area (Å²) < 4.78 is 2.04. The largest absolute Gasteiger partial charge is 0.387 e. The monoisotopic (exact) mass is 344 g/mol. The number of aromatic nitrogens is 2. The standard InChI is InChI=1S/C19H28N4O2/c1-13(2)12-23-6-5-20-18(23)11-22-19(25)21-10-17(24)16-8-14(3)7-15(4)9-16/h5-9,13,17,24H,10-12H2,1-4H3,(H2,21,22,25)/t17-/m1/s1. The number of hydrogen-bond acceptors (Lipinski definition) is 3. The number of aryl methyl sites for hydroxylation is 2. The summed E-state index contributed by atoms with van der Waals surface area (Å²) in [6, 6.07) is 5.60. The Morgan fingerprint density at radius 2 is 1.88 bits per heavy atom. The molecule has 25 heavy (non-hydrogen) atoms. The van der Waals surface area contributed by atoms with Crippen LogP contribution < -0.4 is 10.6 Å². The fourth-order valence-corrected chi connectivity index (χ4v) is 2.80. The van der Waals surface area contributed by atoms with Gasteiger partial charge in [0.25, 0.3) is 0 Å². The highest BCUT2D eigenvalue weighted by Crippen LogP contribution is 2.16. The van der Waals surface area contributed by atoms with E-state index in [1.165, 1.54) is 0 Å². The maximum absolute atomic E-state index is 12.0. The second-order valence-corrected chi connectivity index (χ2v) is 6.89. The average Bonchev–Trinajstić information content (AvgIpc) is 2.96. The zero-order chi connectivity index (χ0) is 18.4. The first-order valence-corrected chi connectivity index (χ1v) is 8.63. The van der Waals surface area contributed by atoms with Gasteiger partial charge in [0.1, 0.15) is 5.82 Å². The zero-order valence-corrected chi connectivity index (χ0v) is 15.4. The van der Waals surface area contributed by atoms with Gasteiger partial charge in [0.05, 0.1) is 12.6 Å². The highest BCUT2D eigenvalue weighted by Gasteiger charge is 2.11. The molecule has 3 N–H and O–H groups in total. The molecule has 136 valence electrons. The van der Waals surface area contributed by atoms with Crippen molar-refractivity contribution in [1.29, 1.82) is 0 Å². The van der Waals surface area contributed by atoms with Crippen molar-refractivity contribution < 1.29 is 9.90 Å². The Hall–Kier alpha value is -2.34. The Balaban J connectivity index is 1.81. The fraction of sp³-hybridized carbons (Fsp3) is 0.474. The van der Waals surface area contributed by atoms with Crippen molar-refractivity contribution in [2.24, 2.45) is 5.92 Å². The van der Waals surface area contributed by atoms with Crippen molar-refractivity contribution in [3.63, 3.8) is 0 Å². The summed E-state index contributed by atoms with van der Waals surface area (Å²) in [5, 5.41) is 15.7. The smallest absolute Gasteiger partial charge is 0.315 e. The van der Waals surface area contributed by atoms with Crippen LogP contribution in [0.1, 0.15) is 42.5 Å². The quantitative estimate of drug-likeness (QED) is 0.722. The van der Waals surface area contributed by atoms with Crippen LogP contribution in [0.5, 0.6) is 0 Å². The molecule has 0 radical (unpaired) electrons. The molecule has 1 atom stereocenters. The molecule has 2 aromatic rings. The predicted molar refractivity (Wildman–Crippen MR) is 98.2 cm³/mol. The molecule has 6 heteroatoms. The molecule has 1 aromatic carbocycles. The fourth-order valence-electron chi connectivity index (χ4n) is 2.80. The number of carbonyl (C=O) groups is 1. The Morgan fingerprint density at radius 3 is 2.52 bits per heavy atom. The van der Waals surface area contributed by atoms with E-state index in [-0.39, 0.29) is 12.6 Å². The molecule has 0 aliphatic heterocycles. The van der Waals surface area contributed by atoms with E-state index in [2.05, 4.69) is 35.5 Å². The molecule has 1 heterocycles. The van der Waals surface area contributed by atoms with Crippen LogP contribution in [0, 0.1) is 19.8 Å². The first-order valence-electron chi connectivity index (χ1n) is 8.63. The van der Waals surface area contributed by atoms with E-state index in [0.717, 1.165) is 29.1 Å². The molecule has 0 fully saturated rings. The summed E-state index contributed by atoms with van der Waals surface area (Å²) in [5.41, 5.74) is 3.00. The normalized spacial score (nSPS) is 12.2. The van der Waals surface area contributed by atoms with E-state index < -0.39 is 6.10 Å². The highest BCUT2D eigenvalue weighted by atomic mass is 16.3. The highest BCUT2D eigenvalue weighted by molar-refractivity contribution is 5.73. The van der Waals surface area contributed by atoms with Crippen LogP contribution in [-0.4, -0.2) is 27.2 Å². The lowest BCUT2D eigenvalue weighted by Gasteiger charge is -2.15. The van der Waals surface area contributed by atoms with Gasteiger partial charge in [-0.15, -0.1) is 0 Å². The lowest BCUT2D eigenvalue weighted by molar-refractivity contribution is 0.173. The lowest BCUT2D eigenvalue weighted by atomic mass is 10.0. The second-order valence-electron chi connectivity index (χ2n) is 6.89. The first-order chi connectivity index (χ1) is 11.8. The van der Waals surface area contributed by atoms with Crippen LogP contribution in [-0.2, 0) is 13.1 Å². The summed E-state index contributed by atoms with van der Waals surface area (Å²) in [6.07, 6.45) is 2.92. The number of benzene rings is 1. The van der Waals surface area contributed by atoms with Crippen molar-refractivity contribution >= 4 is 6.03 Å². The van der Waals surface area contributed by atoms with Crippen LogP contribution in [0.4, 0.5) is 4.79 Å². The summed E-state index contributed by atoms with van der Waals surface area (Å²) in [7, 11) is 0. The number of aliphatic hydroxyl groups excluding tert-OH is 1. The van der Waals surface area contributed by atoms with Gasteiger partial charge in [0.15, 0.2) is 0 Å². The van der Waals surface area contributed by atoms with Crippen molar-refractivity contribution in [1.82, 2.24) is 20.2 Å². The predicted octanol–water partition coefficient (Wildman–Crippen LogP) is 2.69. The molecule has 1 aromatic heterocycles.